The second kappa shape index (κ2) is 7.87. The Morgan fingerprint density at radius 1 is 1.29 bits per heavy atom. The molecule has 0 unspecified atom stereocenters. The summed E-state index contributed by atoms with van der Waals surface area (Å²) in [5.74, 6) is -0.0853. The van der Waals surface area contributed by atoms with Gasteiger partial charge in [0.15, 0.2) is 0 Å². The van der Waals surface area contributed by atoms with Crippen molar-refractivity contribution >= 4 is 23.6 Å². The summed E-state index contributed by atoms with van der Waals surface area (Å²) in [6.07, 6.45) is 3.29. The topological polar surface area (TPSA) is 41.1 Å². The molecule has 3 nitrogen and oxygen atoms in total. The molecule has 0 aliphatic rings. The maximum Gasteiger partial charge on any atom is 0.244 e. The maximum atomic E-state index is 11.4. The molecular formula is C13H17ClN2O. The number of carbonyl (C=O) groups excluding carboxylic acids is 1. The molecule has 1 aromatic rings. The van der Waals surface area contributed by atoms with E-state index in [1.54, 1.807) is 18.2 Å². The molecule has 0 bridgehead atoms. The predicted octanol–water partition coefficient (Wildman–Crippen LogP) is 2.08. The first-order valence-electron chi connectivity index (χ1n) is 5.64. The SMILES string of the molecule is CCNCCNC(=O)C=Cc1ccc(Cl)cc1. The summed E-state index contributed by atoms with van der Waals surface area (Å²) in [5, 5.41) is 6.61. The first kappa shape index (κ1) is 13.7. The van der Waals surface area contributed by atoms with E-state index in [1.165, 1.54) is 6.08 Å². The first-order chi connectivity index (χ1) is 8.22. The number of halogens is 1. The zero-order chi connectivity index (χ0) is 12.5. The Hall–Kier alpha value is -1.32. The van der Waals surface area contributed by atoms with E-state index in [0.717, 1.165) is 18.7 Å². The van der Waals surface area contributed by atoms with Crippen molar-refractivity contribution in [2.24, 2.45) is 0 Å². The summed E-state index contributed by atoms with van der Waals surface area (Å²) < 4.78 is 0. The van der Waals surface area contributed by atoms with Crippen LogP contribution in [0.1, 0.15) is 12.5 Å². The minimum absolute atomic E-state index is 0.0853. The first-order valence-corrected chi connectivity index (χ1v) is 6.02. The highest BCUT2D eigenvalue weighted by molar-refractivity contribution is 6.30. The molecule has 17 heavy (non-hydrogen) atoms. The van der Waals surface area contributed by atoms with Gasteiger partial charge in [0.1, 0.15) is 0 Å². The lowest BCUT2D eigenvalue weighted by Gasteiger charge is -2.02. The summed E-state index contributed by atoms with van der Waals surface area (Å²) in [6.45, 7) is 4.37. The number of likely N-dealkylation sites (N-methyl/N-ethyl adjacent to an activating group) is 1. The van der Waals surface area contributed by atoms with Crippen LogP contribution >= 0.6 is 11.6 Å². The third-order valence-electron chi connectivity index (χ3n) is 2.15. The van der Waals surface area contributed by atoms with Gasteiger partial charge in [-0.15, -0.1) is 0 Å². The molecule has 0 saturated heterocycles. The standard InChI is InChI=1S/C13H17ClN2O/c1-2-15-9-10-16-13(17)8-5-11-3-6-12(14)7-4-11/h3-8,15H,2,9-10H2,1H3,(H,16,17). The minimum atomic E-state index is -0.0853. The third-order valence-corrected chi connectivity index (χ3v) is 2.40. The fraction of sp³-hybridized carbons (Fsp3) is 0.308. The number of carbonyl (C=O) groups is 1. The number of hydrogen-bond donors (Lipinski definition) is 2. The summed E-state index contributed by atoms with van der Waals surface area (Å²) >= 11 is 5.76. The van der Waals surface area contributed by atoms with Crippen molar-refractivity contribution < 1.29 is 4.79 Å². The Labute approximate surface area is 107 Å². The Kier molecular flexibility index (Phi) is 6.37. The Morgan fingerprint density at radius 3 is 2.65 bits per heavy atom. The molecule has 2 N–H and O–H groups in total. The van der Waals surface area contributed by atoms with Gasteiger partial charge in [0.2, 0.25) is 5.91 Å². The van der Waals surface area contributed by atoms with E-state index in [4.69, 9.17) is 11.6 Å². The van der Waals surface area contributed by atoms with Gasteiger partial charge in [-0.1, -0.05) is 30.7 Å². The van der Waals surface area contributed by atoms with E-state index in [9.17, 15) is 4.79 Å². The second-order valence-corrected chi connectivity index (χ2v) is 3.97. The fourth-order valence-corrected chi connectivity index (χ4v) is 1.38. The van der Waals surface area contributed by atoms with E-state index in [-0.39, 0.29) is 5.91 Å². The Balaban J connectivity index is 2.32. The highest BCUT2D eigenvalue weighted by atomic mass is 35.5. The smallest absolute Gasteiger partial charge is 0.244 e. The van der Waals surface area contributed by atoms with Crippen LogP contribution in [0.25, 0.3) is 6.08 Å². The van der Waals surface area contributed by atoms with Crippen molar-refractivity contribution in [1.29, 1.82) is 0 Å². The van der Waals surface area contributed by atoms with Gasteiger partial charge < -0.3 is 10.6 Å². The van der Waals surface area contributed by atoms with Gasteiger partial charge in [-0.3, -0.25) is 4.79 Å². The molecule has 0 aromatic heterocycles. The van der Waals surface area contributed by atoms with Crippen LogP contribution in [-0.2, 0) is 4.79 Å². The third kappa shape index (κ3) is 6.09. The molecule has 1 amide bonds. The van der Waals surface area contributed by atoms with Crippen LogP contribution in [0.3, 0.4) is 0 Å². The van der Waals surface area contributed by atoms with Crippen LogP contribution < -0.4 is 10.6 Å². The van der Waals surface area contributed by atoms with Crippen molar-refractivity contribution in [2.45, 2.75) is 6.92 Å². The van der Waals surface area contributed by atoms with Gasteiger partial charge in [0.25, 0.3) is 0 Å². The number of nitrogens with one attached hydrogen (secondary N) is 2. The van der Waals surface area contributed by atoms with Crippen LogP contribution in [0.2, 0.25) is 5.02 Å². The summed E-state index contributed by atoms with van der Waals surface area (Å²) in [7, 11) is 0. The van der Waals surface area contributed by atoms with Crippen LogP contribution in [-0.4, -0.2) is 25.5 Å². The van der Waals surface area contributed by atoms with Gasteiger partial charge in [-0.2, -0.15) is 0 Å². The fourth-order valence-electron chi connectivity index (χ4n) is 1.26. The number of hydrogen-bond acceptors (Lipinski definition) is 2. The predicted molar refractivity (Wildman–Crippen MR) is 72.0 cm³/mol. The molecule has 0 spiro atoms. The van der Waals surface area contributed by atoms with Crippen molar-refractivity contribution in [3.63, 3.8) is 0 Å². The maximum absolute atomic E-state index is 11.4. The lowest BCUT2D eigenvalue weighted by molar-refractivity contribution is -0.116. The molecule has 0 aliphatic heterocycles. The number of rotatable bonds is 6. The van der Waals surface area contributed by atoms with E-state index in [0.29, 0.717) is 11.6 Å². The van der Waals surface area contributed by atoms with Crippen LogP contribution in [0, 0.1) is 0 Å². The molecule has 0 fully saturated rings. The molecule has 0 atom stereocenters. The van der Waals surface area contributed by atoms with Crippen molar-refractivity contribution in [2.75, 3.05) is 19.6 Å². The molecule has 0 heterocycles. The molecule has 92 valence electrons. The van der Waals surface area contributed by atoms with Crippen molar-refractivity contribution in [3.05, 3.63) is 40.9 Å². The molecule has 0 aliphatic carbocycles. The molecule has 1 aromatic carbocycles. The highest BCUT2D eigenvalue weighted by Crippen LogP contribution is 2.10. The van der Waals surface area contributed by atoms with Crippen LogP contribution in [0.5, 0.6) is 0 Å². The van der Waals surface area contributed by atoms with Crippen LogP contribution in [0.15, 0.2) is 30.3 Å². The van der Waals surface area contributed by atoms with E-state index >= 15 is 0 Å². The van der Waals surface area contributed by atoms with Gasteiger partial charge in [-0.05, 0) is 30.3 Å². The molecule has 0 saturated carbocycles. The molecular weight excluding hydrogens is 236 g/mol. The summed E-state index contributed by atoms with van der Waals surface area (Å²) in [6, 6.07) is 7.32. The monoisotopic (exact) mass is 252 g/mol. The number of amides is 1. The van der Waals surface area contributed by atoms with E-state index < -0.39 is 0 Å². The summed E-state index contributed by atoms with van der Waals surface area (Å²) in [4.78, 5) is 11.4. The van der Waals surface area contributed by atoms with E-state index in [1.807, 2.05) is 19.1 Å². The van der Waals surface area contributed by atoms with Crippen LogP contribution in [0.4, 0.5) is 0 Å². The lowest BCUT2D eigenvalue weighted by Crippen LogP contribution is -2.30. The minimum Gasteiger partial charge on any atom is -0.351 e. The van der Waals surface area contributed by atoms with E-state index in [2.05, 4.69) is 10.6 Å². The Morgan fingerprint density at radius 2 is 2.00 bits per heavy atom. The normalized spacial score (nSPS) is 10.7. The van der Waals surface area contributed by atoms with Gasteiger partial charge in [0.05, 0.1) is 0 Å². The zero-order valence-electron chi connectivity index (χ0n) is 9.87. The lowest BCUT2D eigenvalue weighted by atomic mass is 10.2. The average molecular weight is 253 g/mol. The molecule has 0 radical (unpaired) electrons. The zero-order valence-corrected chi connectivity index (χ0v) is 10.6. The highest BCUT2D eigenvalue weighted by Gasteiger charge is 1.94. The number of benzene rings is 1. The molecule has 1 rings (SSSR count). The average Bonchev–Trinajstić information content (AvgIpc) is 2.34. The Bertz CT molecular complexity index is 374. The van der Waals surface area contributed by atoms with Gasteiger partial charge in [-0.25, -0.2) is 0 Å². The van der Waals surface area contributed by atoms with Gasteiger partial charge >= 0.3 is 0 Å². The van der Waals surface area contributed by atoms with Crippen molar-refractivity contribution in [3.8, 4) is 0 Å². The summed E-state index contributed by atoms with van der Waals surface area (Å²) in [5.41, 5.74) is 0.955. The quantitative estimate of drug-likeness (QED) is 0.601. The second-order valence-electron chi connectivity index (χ2n) is 3.53. The van der Waals surface area contributed by atoms with Gasteiger partial charge in [0, 0.05) is 24.2 Å². The van der Waals surface area contributed by atoms with Crippen molar-refractivity contribution in [1.82, 2.24) is 10.6 Å². The molecule has 4 heteroatoms. The largest absolute Gasteiger partial charge is 0.351 e.